The van der Waals surface area contributed by atoms with E-state index in [1.807, 2.05) is 48.5 Å². The number of para-hydroxylation sites is 1. The summed E-state index contributed by atoms with van der Waals surface area (Å²) in [6.07, 6.45) is 2.74. The van der Waals surface area contributed by atoms with Crippen LogP contribution in [0.25, 0.3) is 28.4 Å². The minimum Gasteiger partial charge on any atom is -0.452 e. The summed E-state index contributed by atoms with van der Waals surface area (Å²) in [5.74, 6) is -0.992. The van der Waals surface area contributed by atoms with Crippen molar-refractivity contribution in [3.05, 3.63) is 78.5 Å². The molecule has 0 spiro atoms. The smallest absolute Gasteiger partial charge is 0.331 e. The van der Waals surface area contributed by atoms with Crippen LogP contribution in [0, 0.1) is 0 Å². The van der Waals surface area contributed by atoms with E-state index in [-0.39, 0.29) is 11.9 Å². The molecule has 0 saturated heterocycles. The van der Waals surface area contributed by atoms with Crippen molar-refractivity contribution in [3.8, 4) is 11.5 Å². The van der Waals surface area contributed by atoms with Crippen LogP contribution >= 0.6 is 0 Å². The van der Waals surface area contributed by atoms with Crippen molar-refractivity contribution in [2.24, 2.45) is 0 Å². The molecule has 0 atom stereocenters. The average molecular weight is 400 g/mol. The first kappa shape index (κ1) is 19.0. The van der Waals surface area contributed by atoms with Crippen molar-refractivity contribution in [1.82, 2.24) is 15.2 Å². The first-order valence-electron chi connectivity index (χ1n) is 9.07. The van der Waals surface area contributed by atoms with E-state index in [0.29, 0.717) is 5.69 Å². The molecule has 0 bridgehead atoms. The van der Waals surface area contributed by atoms with Crippen LogP contribution in [-0.2, 0) is 14.3 Å². The quantitative estimate of drug-likeness (QED) is 0.390. The van der Waals surface area contributed by atoms with Gasteiger partial charge in [-0.1, -0.05) is 47.6 Å². The molecule has 0 unspecified atom stereocenters. The fourth-order valence-electron chi connectivity index (χ4n) is 2.64. The van der Waals surface area contributed by atoms with Gasteiger partial charge in [0, 0.05) is 17.0 Å². The lowest BCUT2D eigenvalue weighted by atomic mass is 10.2. The van der Waals surface area contributed by atoms with E-state index in [1.165, 1.54) is 12.2 Å². The van der Waals surface area contributed by atoms with Gasteiger partial charge in [0.15, 0.2) is 6.61 Å². The summed E-state index contributed by atoms with van der Waals surface area (Å²) < 4.78 is 10.3. The zero-order valence-corrected chi connectivity index (χ0v) is 15.7. The number of nitrogens with zero attached hydrogens (tertiary/aromatic N) is 3. The lowest BCUT2D eigenvalue weighted by Crippen LogP contribution is -2.20. The number of ether oxygens (including phenoxy) is 1. The van der Waals surface area contributed by atoms with E-state index in [0.717, 1.165) is 16.5 Å². The number of hydrogen-bond acceptors (Lipinski definition) is 7. The van der Waals surface area contributed by atoms with Gasteiger partial charge in [-0.15, -0.1) is 5.10 Å². The summed E-state index contributed by atoms with van der Waals surface area (Å²) in [5, 5.41) is 11.0. The normalized spacial score (nSPS) is 10.9. The highest BCUT2D eigenvalue weighted by molar-refractivity contribution is 5.93. The van der Waals surface area contributed by atoms with E-state index >= 15 is 0 Å². The molecular weight excluding hydrogens is 384 g/mol. The Hall–Kier alpha value is -4.33. The Bertz CT molecular complexity index is 1220. The van der Waals surface area contributed by atoms with Gasteiger partial charge in [-0.25, -0.2) is 9.78 Å². The van der Waals surface area contributed by atoms with E-state index in [2.05, 4.69) is 20.5 Å². The zero-order valence-electron chi connectivity index (χ0n) is 15.7. The first-order chi connectivity index (χ1) is 14.7. The Morgan fingerprint density at radius 2 is 1.77 bits per heavy atom. The molecule has 1 amide bonds. The van der Waals surface area contributed by atoms with Gasteiger partial charge in [0.05, 0.1) is 11.2 Å². The molecule has 0 aliphatic heterocycles. The number of anilines is 1. The molecule has 0 saturated carbocycles. The Labute approximate surface area is 171 Å². The van der Waals surface area contributed by atoms with Crippen LogP contribution in [0.15, 0.2) is 77.2 Å². The summed E-state index contributed by atoms with van der Waals surface area (Å²) in [5.41, 5.74) is 2.15. The highest BCUT2D eigenvalue weighted by Gasteiger charge is 2.12. The number of benzene rings is 2. The minimum atomic E-state index is -0.671. The molecule has 8 heteroatoms. The Morgan fingerprint density at radius 3 is 2.63 bits per heavy atom. The second kappa shape index (κ2) is 8.78. The predicted molar refractivity (Wildman–Crippen MR) is 110 cm³/mol. The highest BCUT2D eigenvalue weighted by atomic mass is 16.5. The fourth-order valence-corrected chi connectivity index (χ4v) is 2.64. The first-order valence-corrected chi connectivity index (χ1v) is 9.07. The topological polar surface area (TPSA) is 107 Å². The Kier molecular flexibility index (Phi) is 5.56. The van der Waals surface area contributed by atoms with Crippen LogP contribution in [0.1, 0.15) is 5.69 Å². The third kappa shape index (κ3) is 4.74. The fraction of sp³-hybridized carbons (Fsp3) is 0.0455. The molecule has 2 aromatic heterocycles. The van der Waals surface area contributed by atoms with Crippen LogP contribution in [0.3, 0.4) is 0 Å². The number of amides is 1. The average Bonchev–Trinajstić information content (AvgIpc) is 3.25. The summed E-state index contributed by atoms with van der Waals surface area (Å²) in [7, 11) is 0. The molecule has 0 fully saturated rings. The molecule has 2 heterocycles. The number of rotatable bonds is 6. The molecule has 4 rings (SSSR count). The zero-order chi connectivity index (χ0) is 20.8. The molecule has 0 aliphatic rings. The van der Waals surface area contributed by atoms with E-state index in [9.17, 15) is 9.59 Å². The highest BCUT2D eigenvalue weighted by Crippen LogP contribution is 2.19. The standard InChI is InChI=1S/C22H16N4O4/c27-19(24-22-26-25-21(30-22)16-7-2-1-3-8-16)14-29-20(28)13-12-17-11-10-15-6-4-5-9-18(15)23-17/h1-13H,14H2,(H,24,26,27). The molecule has 1 N–H and O–H groups in total. The van der Waals surface area contributed by atoms with Gasteiger partial charge in [0.25, 0.3) is 5.91 Å². The van der Waals surface area contributed by atoms with Crippen molar-refractivity contribution < 1.29 is 18.7 Å². The van der Waals surface area contributed by atoms with Crippen LogP contribution in [0.4, 0.5) is 6.01 Å². The Morgan fingerprint density at radius 1 is 0.967 bits per heavy atom. The molecule has 8 nitrogen and oxygen atoms in total. The summed E-state index contributed by atoms with van der Waals surface area (Å²) in [6, 6.07) is 20.4. The van der Waals surface area contributed by atoms with E-state index < -0.39 is 18.5 Å². The van der Waals surface area contributed by atoms with Gasteiger partial charge in [0.1, 0.15) is 0 Å². The molecule has 0 radical (unpaired) electrons. The third-order valence-electron chi connectivity index (χ3n) is 4.05. The van der Waals surface area contributed by atoms with Crippen LogP contribution in [0.2, 0.25) is 0 Å². The summed E-state index contributed by atoms with van der Waals surface area (Å²) in [6.45, 7) is -0.489. The lowest BCUT2D eigenvalue weighted by Gasteiger charge is -2.01. The molecule has 2 aromatic carbocycles. The van der Waals surface area contributed by atoms with Gasteiger partial charge in [-0.2, -0.15) is 0 Å². The number of aromatic nitrogens is 3. The monoisotopic (exact) mass is 400 g/mol. The Balaban J connectivity index is 1.28. The van der Waals surface area contributed by atoms with Gasteiger partial charge < -0.3 is 9.15 Å². The number of carbonyl (C=O) groups is 2. The second-order valence-corrected chi connectivity index (χ2v) is 6.20. The molecule has 4 aromatic rings. The number of pyridine rings is 1. The molecule has 148 valence electrons. The number of nitrogens with one attached hydrogen (secondary N) is 1. The maximum absolute atomic E-state index is 11.9. The molecule has 30 heavy (non-hydrogen) atoms. The number of esters is 1. The van der Waals surface area contributed by atoms with Gasteiger partial charge >= 0.3 is 12.0 Å². The minimum absolute atomic E-state index is 0.0780. The third-order valence-corrected chi connectivity index (χ3v) is 4.05. The maximum Gasteiger partial charge on any atom is 0.331 e. The van der Waals surface area contributed by atoms with Crippen molar-refractivity contribution >= 4 is 34.9 Å². The number of fused-ring (bicyclic) bond motifs is 1. The molecule has 0 aliphatic carbocycles. The van der Waals surface area contributed by atoms with Crippen molar-refractivity contribution in [1.29, 1.82) is 0 Å². The summed E-state index contributed by atoms with van der Waals surface area (Å²) in [4.78, 5) is 28.2. The van der Waals surface area contributed by atoms with Crippen LogP contribution < -0.4 is 5.32 Å². The van der Waals surface area contributed by atoms with E-state index in [4.69, 9.17) is 9.15 Å². The van der Waals surface area contributed by atoms with Gasteiger partial charge in [-0.05, 0) is 30.3 Å². The number of hydrogen-bond donors (Lipinski definition) is 1. The lowest BCUT2D eigenvalue weighted by molar-refractivity contribution is -0.142. The summed E-state index contributed by atoms with van der Waals surface area (Å²) >= 11 is 0. The van der Waals surface area contributed by atoms with Crippen molar-refractivity contribution in [3.63, 3.8) is 0 Å². The maximum atomic E-state index is 11.9. The predicted octanol–water partition coefficient (Wildman–Crippen LogP) is 3.48. The van der Waals surface area contributed by atoms with Crippen molar-refractivity contribution in [2.45, 2.75) is 0 Å². The second-order valence-electron chi connectivity index (χ2n) is 6.20. The largest absolute Gasteiger partial charge is 0.452 e. The number of carbonyl (C=O) groups excluding carboxylic acids is 2. The van der Waals surface area contributed by atoms with Crippen molar-refractivity contribution in [2.75, 3.05) is 11.9 Å². The van der Waals surface area contributed by atoms with Crippen LogP contribution in [-0.4, -0.2) is 33.7 Å². The van der Waals surface area contributed by atoms with Crippen LogP contribution in [0.5, 0.6) is 0 Å². The van der Waals surface area contributed by atoms with Gasteiger partial charge in [0.2, 0.25) is 5.89 Å². The molecular formula is C22H16N4O4. The van der Waals surface area contributed by atoms with Gasteiger partial charge in [-0.3, -0.25) is 10.1 Å². The SMILES string of the molecule is O=C(COC(=O)C=Cc1ccc2ccccc2n1)Nc1nnc(-c2ccccc2)o1. The van der Waals surface area contributed by atoms with E-state index in [1.54, 1.807) is 18.2 Å².